The van der Waals surface area contributed by atoms with Gasteiger partial charge in [0, 0.05) is 6.04 Å². The Morgan fingerprint density at radius 3 is 1.95 bits per heavy atom. The summed E-state index contributed by atoms with van der Waals surface area (Å²) in [7, 11) is -5.30. The summed E-state index contributed by atoms with van der Waals surface area (Å²) in [6.45, 7) is 7.58. The quantitative estimate of drug-likeness (QED) is 0.923. The van der Waals surface area contributed by atoms with E-state index in [0.29, 0.717) is 0 Å². The molecule has 0 saturated carbocycles. The molecule has 0 spiro atoms. The molecule has 0 bridgehead atoms. The van der Waals surface area contributed by atoms with Gasteiger partial charge in [-0.25, -0.2) is 13.1 Å². The summed E-state index contributed by atoms with van der Waals surface area (Å²) in [5.74, 6) is 0. The molecule has 1 rings (SSSR count). The second kappa shape index (κ2) is 5.96. The van der Waals surface area contributed by atoms with Gasteiger partial charge in [-0.15, -0.1) is 0 Å². The fourth-order valence-corrected chi connectivity index (χ4v) is 2.61. The molecule has 0 aliphatic carbocycles. The molecular formula is C14H20F3NO2S. The van der Waals surface area contributed by atoms with Crippen LogP contribution in [0.5, 0.6) is 0 Å². The number of benzene rings is 1. The van der Waals surface area contributed by atoms with Gasteiger partial charge in [-0.3, -0.25) is 0 Å². The molecule has 1 aromatic carbocycles. The maximum atomic E-state index is 12.3. The lowest BCUT2D eigenvalue weighted by atomic mass is 9.86. The summed E-state index contributed by atoms with van der Waals surface area (Å²) in [6.07, 6.45) is 0.194. The number of nitrogens with one attached hydrogen (secondary N) is 1. The Morgan fingerprint density at radius 2 is 1.57 bits per heavy atom. The minimum Gasteiger partial charge on any atom is -0.204 e. The predicted octanol–water partition coefficient (Wildman–Crippen LogP) is 3.35. The monoisotopic (exact) mass is 323 g/mol. The van der Waals surface area contributed by atoms with Gasteiger partial charge in [0.25, 0.3) is 0 Å². The summed E-state index contributed by atoms with van der Waals surface area (Å²) in [4.78, 5) is 0. The van der Waals surface area contributed by atoms with E-state index in [0.717, 1.165) is 11.1 Å². The van der Waals surface area contributed by atoms with Gasteiger partial charge in [-0.05, 0) is 29.9 Å². The van der Waals surface area contributed by atoms with Crippen molar-refractivity contribution >= 4 is 10.0 Å². The van der Waals surface area contributed by atoms with Crippen LogP contribution in [0, 0.1) is 0 Å². The molecule has 0 fully saturated rings. The van der Waals surface area contributed by atoms with E-state index >= 15 is 0 Å². The number of hydrogen-bond donors (Lipinski definition) is 1. The highest BCUT2D eigenvalue weighted by Crippen LogP contribution is 2.24. The van der Waals surface area contributed by atoms with Crippen molar-refractivity contribution in [2.75, 3.05) is 0 Å². The number of rotatable bonds is 4. The molecule has 1 aromatic rings. The van der Waals surface area contributed by atoms with Crippen molar-refractivity contribution in [1.82, 2.24) is 4.72 Å². The SMILES string of the molecule is CC(Cc1ccc(C(C)(C)C)cc1)NS(=O)(=O)C(F)(F)F. The largest absolute Gasteiger partial charge is 0.511 e. The molecular weight excluding hydrogens is 303 g/mol. The zero-order valence-electron chi connectivity index (χ0n) is 12.5. The summed E-state index contributed by atoms with van der Waals surface area (Å²) in [5, 5.41) is 0. The highest BCUT2D eigenvalue weighted by molar-refractivity contribution is 7.90. The molecule has 1 unspecified atom stereocenters. The standard InChI is InChI=1S/C14H20F3NO2S/c1-10(18-21(19,20)14(15,16)17)9-11-5-7-12(8-6-11)13(2,3)4/h5-8,10,18H,9H2,1-4H3. The van der Waals surface area contributed by atoms with Crippen LogP contribution >= 0.6 is 0 Å². The average molecular weight is 323 g/mol. The maximum absolute atomic E-state index is 12.3. The molecule has 0 aliphatic heterocycles. The van der Waals surface area contributed by atoms with E-state index in [1.54, 1.807) is 16.9 Å². The van der Waals surface area contributed by atoms with Crippen LogP contribution in [0.2, 0.25) is 0 Å². The number of alkyl halides is 3. The average Bonchev–Trinajstić information content (AvgIpc) is 2.25. The number of sulfonamides is 1. The molecule has 0 aromatic heterocycles. The molecule has 0 aliphatic rings. The van der Waals surface area contributed by atoms with E-state index in [1.165, 1.54) is 6.92 Å². The van der Waals surface area contributed by atoms with Gasteiger partial charge < -0.3 is 0 Å². The maximum Gasteiger partial charge on any atom is 0.511 e. The Morgan fingerprint density at radius 1 is 1.10 bits per heavy atom. The van der Waals surface area contributed by atoms with Crippen LogP contribution in [-0.4, -0.2) is 20.0 Å². The van der Waals surface area contributed by atoms with E-state index in [9.17, 15) is 21.6 Å². The first-order valence-corrected chi connectivity index (χ1v) is 7.99. The molecule has 0 amide bonds. The van der Waals surface area contributed by atoms with Gasteiger partial charge in [-0.2, -0.15) is 13.2 Å². The van der Waals surface area contributed by atoms with Crippen LogP contribution in [0.15, 0.2) is 24.3 Å². The van der Waals surface area contributed by atoms with Gasteiger partial charge in [0.15, 0.2) is 0 Å². The normalized spacial score (nSPS) is 15.0. The van der Waals surface area contributed by atoms with E-state index in [4.69, 9.17) is 0 Å². The fourth-order valence-electron chi connectivity index (χ4n) is 1.87. The van der Waals surface area contributed by atoms with Crippen molar-refractivity contribution < 1.29 is 21.6 Å². The summed E-state index contributed by atoms with van der Waals surface area (Å²) in [5.41, 5.74) is -3.41. The first kappa shape index (κ1) is 18.0. The van der Waals surface area contributed by atoms with Crippen molar-refractivity contribution in [3.63, 3.8) is 0 Å². The van der Waals surface area contributed by atoms with E-state index in [2.05, 4.69) is 20.8 Å². The Balaban J connectivity index is 2.75. The predicted molar refractivity (Wildman–Crippen MR) is 76.4 cm³/mol. The van der Waals surface area contributed by atoms with Crippen molar-refractivity contribution in [2.24, 2.45) is 0 Å². The number of hydrogen-bond acceptors (Lipinski definition) is 2. The minimum atomic E-state index is -5.30. The van der Waals surface area contributed by atoms with Crippen molar-refractivity contribution in [2.45, 2.75) is 51.1 Å². The van der Waals surface area contributed by atoms with Crippen LogP contribution < -0.4 is 4.72 Å². The molecule has 7 heteroatoms. The van der Waals surface area contributed by atoms with Crippen LogP contribution in [-0.2, 0) is 21.9 Å². The molecule has 0 radical (unpaired) electrons. The summed E-state index contributed by atoms with van der Waals surface area (Å²) >= 11 is 0. The van der Waals surface area contributed by atoms with Crippen LogP contribution in [0.3, 0.4) is 0 Å². The second-order valence-corrected chi connectivity index (χ2v) is 7.82. The zero-order chi connectivity index (χ0) is 16.5. The minimum absolute atomic E-state index is 0.0119. The third-order valence-electron chi connectivity index (χ3n) is 3.02. The van der Waals surface area contributed by atoms with E-state index in [1.807, 2.05) is 12.1 Å². The zero-order valence-corrected chi connectivity index (χ0v) is 13.3. The lowest BCUT2D eigenvalue weighted by molar-refractivity contribution is -0.0450. The van der Waals surface area contributed by atoms with Crippen LogP contribution in [0.25, 0.3) is 0 Å². The molecule has 1 atom stereocenters. The Labute approximate surface area is 123 Å². The third kappa shape index (κ3) is 5.00. The van der Waals surface area contributed by atoms with Crippen LogP contribution in [0.1, 0.15) is 38.8 Å². The fraction of sp³-hybridized carbons (Fsp3) is 0.571. The smallest absolute Gasteiger partial charge is 0.204 e. The lowest BCUT2D eigenvalue weighted by Crippen LogP contribution is -2.42. The Kier molecular flexibility index (Phi) is 5.10. The van der Waals surface area contributed by atoms with Gasteiger partial charge >= 0.3 is 15.5 Å². The molecule has 0 saturated heterocycles. The van der Waals surface area contributed by atoms with Crippen LogP contribution in [0.4, 0.5) is 13.2 Å². The molecule has 0 heterocycles. The van der Waals surface area contributed by atoms with Crippen molar-refractivity contribution in [3.05, 3.63) is 35.4 Å². The summed E-state index contributed by atoms with van der Waals surface area (Å²) in [6, 6.07) is 6.58. The van der Waals surface area contributed by atoms with Crippen molar-refractivity contribution in [1.29, 1.82) is 0 Å². The molecule has 1 N–H and O–H groups in total. The highest BCUT2D eigenvalue weighted by Gasteiger charge is 2.46. The number of halogens is 3. The third-order valence-corrected chi connectivity index (χ3v) is 4.34. The Hall–Kier alpha value is -1.08. The lowest BCUT2D eigenvalue weighted by Gasteiger charge is -2.20. The summed E-state index contributed by atoms with van der Waals surface area (Å²) < 4.78 is 60.4. The highest BCUT2D eigenvalue weighted by atomic mass is 32.2. The molecule has 120 valence electrons. The van der Waals surface area contributed by atoms with Gasteiger partial charge in [0.05, 0.1) is 0 Å². The second-order valence-electron chi connectivity index (χ2n) is 6.12. The van der Waals surface area contributed by atoms with Crippen molar-refractivity contribution in [3.8, 4) is 0 Å². The van der Waals surface area contributed by atoms with Gasteiger partial charge in [0.1, 0.15) is 0 Å². The Bertz CT molecular complexity index is 572. The van der Waals surface area contributed by atoms with E-state index < -0.39 is 21.6 Å². The van der Waals surface area contributed by atoms with E-state index in [-0.39, 0.29) is 11.8 Å². The molecule has 21 heavy (non-hydrogen) atoms. The topological polar surface area (TPSA) is 46.2 Å². The van der Waals surface area contributed by atoms with Gasteiger partial charge in [-0.1, -0.05) is 45.0 Å². The first-order chi connectivity index (χ1) is 9.33. The molecule has 3 nitrogen and oxygen atoms in total. The van der Waals surface area contributed by atoms with Gasteiger partial charge in [0.2, 0.25) is 0 Å². The first-order valence-electron chi connectivity index (χ1n) is 6.51.